The van der Waals surface area contributed by atoms with E-state index in [0.29, 0.717) is 11.3 Å². The molecular weight excluding hydrogens is 244 g/mol. The number of anilines is 1. The van der Waals surface area contributed by atoms with Gasteiger partial charge in [-0.2, -0.15) is 5.10 Å². The highest BCUT2D eigenvalue weighted by Crippen LogP contribution is 2.13. The number of hydrogen-bond donors (Lipinski definition) is 1. The summed E-state index contributed by atoms with van der Waals surface area (Å²) >= 11 is 0. The Hall–Kier alpha value is -2.63. The van der Waals surface area contributed by atoms with Gasteiger partial charge in [-0.3, -0.25) is 9.78 Å². The van der Waals surface area contributed by atoms with E-state index in [1.165, 1.54) is 6.21 Å². The number of pyridine rings is 1. The molecule has 0 aliphatic rings. The van der Waals surface area contributed by atoms with Gasteiger partial charge >= 0.3 is 0 Å². The lowest BCUT2D eigenvalue weighted by Gasteiger charge is -2.05. The van der Waals surface area contributed by atoms with Crippen LogP contribution < -0.4 is 10.3 Å². The van der Waals surface area contributed by atoms with E-state index < -0.39 is 0 Å². The number of amides is 1. The summed E-state index contributed by atoms with van der Waals surface area (Å²) in [5, 5.41) is 3.83. The smallest absolute Gasteiger partial charge is 0.271 e. The first kappa shape index (κ1) is 12.8. The summed E-state index contributed by atoms with van der Waals surface area (Å²) in [5.41, 5.74) is 2.92. The Bertz CT molecular complexity index is 575. The molecule has 6 heteroatoms. The highest BCUT2D eigenvalue weighted by molar-refractivity contribution is 5.94. The molecule has 0 aliphatic heterocycles. The normalized spacial score (nSPS) is 10.6. The van der Waals surface area contributed by atoms with Crippen molar-refractivity contribution in [2.75, 3.05) is 19.0 Å². The lowest BCUT2D eigenvalue weighted by atomic mass is 10.3. The maximum Gasteiger partial charge on any atom is 0.271 e. The third-order valence-corrected chi connectivity index (χ3v) is 2.35. The van der Waals surface area contributed by atoms with Crippen LogP contribution in [0.1, 0.15) is 16.1 Å². The van der Waals surface area contributed by atoms with Crippen LogP contribution in [0.2, 0.25) is 0 Å². The van der Waals surface area contributed by atoms with Gasteiger partial charge in [0.2, 0.25) is 0 Å². The van der Waals surface area contributed by atoms with Crippen molar-refractivity contribution in [2.45, 2.75) is 0 Å². The van der Waals surface area contributed by atoms with Gasteiger partial charge in [0.1, 0.15) is 5.76 Å². The SMILES string of the molecule is CN(C)c1ccc(C=NNC(=O)c2ccncc2)o1. The van der Waals surface area contributed by atoms with Crippen LogP contribution >= 0.6 is 0 Å². The van der Waals surface area contributed by atoms with Crippen LogP contribution in [0.3, 0.4) is 0 Å². The molecule has 2 aromatic rings. The van der Waals surface area contributed by atoms with E-state index >= 15 is 0 Å². The summed E-state index contributed by atoms with van der Waals surface area (Å²) in [7, 11) is 3.76. The highest BCUT2D eigenvalue weighted by Gasteiger charge is 2.03. The molecule has 98 valence electrons. The molecule has 0 bridgehead atoms. The molecule has 0 aliphatic carbocycles. The molecule has 1 N–H and O–H groups in total. The Morgan fingerprint density at radius 3 is 2.68 bits per heavy atom. The molecule has 0 unspecified atom stereocenters. The lowest BCUT2D eigenvalue weighted by molar-refractivity contribution is 0.0955. The van der Waals surface area contributed by atoms with Gasteiger partial charge in [-0.25, -0.2) is 5.43 Å². The first-order valence-electron chi connectivity index (χ1n) is 5.67. The standard InChI is InChI=1S/C13H14N4O2/c1-17(2)12-4-3-11(19-12)9-15-16-13(18)10-5-7-14-8-6-10/h3-9H,1-2H3,(H,16,18). The Balaban J connectivity index is 1.94. The highest BCUT2D eigenvalue weighted by atomic mass is 16.4. The number of hydrazone groups is 1. The minimum absolute atomic E-state index is 0.293. The second-order valence-electron chi connectivity index (χ2n) is 4.01. The zero-order chi connectivity index (χ0) is 13.7. The van der Waals surface area contributed by atoms with Crippen LogP contribution in [0.4, 0.5) is 5.88 Å². The summed E-state index contributed by atoms with van der Waals surface area (Å²) in [6.45, 7) is 0. The van der Waals surface area contributed by atoms with Gasteiger partial charge in [-0.05, 0) is 18.2 Å². The summed E-state index contributed by atoms with van der Waals surface area (Å²) in [4.78, 5) is 17.3. The molecule has 0 saturated carbocycles. The van der Waals surface area contributed by atoms with E-state index in [9.17, 15) is 4.79 Å². The summed E-state index contributed by atoms with van der Waals surface area (Å²) < 4.78 is 5.45. The van der Waals surface area contributed by atoms with Crippen LogP contribution in [-0.4, -0.2) is 31.2 Å². The van der Waals surface area contributed by atoms with Crippen molar-refractivity contribution in [3.63, 3.8) is 0 Å². The van der Waals surface area contributed by atoms with Gasteiger partial charge in [0, 0.05) is 38.1 Å². The first-order chi connectivity index (χ1) is 9.16. The van der Waals surface area contributed by atoms with Crippen molar-refractivity contribution < 1.29 is 9.21 Å². The lowest BCUT2D eigenvalue weighted by Crippen LogP contribution is -2.17. The molecule has 1 amide bonds. The maximum absolute atomic E-state index is 11.7. The minimum atomic E-state index is -0.293. The van der Waals surface area contributed by atoms with E-state index in [1.54, 1.807) is 30.6 Å². The number of carbonyl (C=O) groups excluding carboxylic acids is 1. The number of aromatic nitrogens is 1. The van der Waals surface area contributed by atoms with Crippen LogP contribution in [-0.2, 0) is 0 Å². The minimum Gasteiger partial charge on any atom is -0.440 e. The quantitative estimate of drug-likeness (QED) is 0.666. The van der Waals surface area contributed by atoms with Gasteiger partial charge in [0.25, 0.3) is 5.91 Å². The second kappa shape index (κ2) is 5.81. The number of furan rings is 1. The topological polar surface area (TPSA) is 70.7 Å². The Kier molecular flexibility index (Phi) is 3.92. The molecule has 0 aromatic carbocycles. The molecule has 0 spiro atoms. The molecule has 6 nitrogen and oxygen atoms in total. The number of rotatable bonds is 4. The molecule has 19 heavy (non-hydrogen) atoms. The fourth-order valence-electron chi connectivity index (χ4n) is 1.37. The average molecular weight is 258 g/mol. The fraction of sp³-hybridized carbons (Fsp3) is 0.154. The van der Waals surface area contributed by atoms with Gasteiger partial charge in [0.05, 0.1) is 6.21 Å². The fourth-order valence-corrected chi connectivity index (χ4v) is 1.37. The predicted octanol–water partition coefficient (Wildman–Crippen LogP) is 1.50. The summed E-state index contributed by atoms with van der Waals surface area (Å²) in [6.07, 6.45) is 4.55. The molecule has 0 radical (unpaired) electrons. The van der Waals surface area contributed by atoms with Crippen molar-refractivity contribution in [3.05, 3.63) is 48.0 Å². The largest absolute Gasteiger partial charge is 0.440 e. The maximum atomic E-state index is 11.7. The van der Waals surface area contributed by atoms with Crippen molar-refractivity contribution in [2.24, 2.45) is 5.10 Å². The number of carbonyl (C=O) groups is 1. The van der Waals surface area contributed by atoms with Crippen molar-refractivity contribution in [3.8, 4) is 0 Å². The van der Waals surface area contributed by atoms with Gasteiger partial charge in [-0.15, -0.1) is 0 Å². The Labute approximate surface area is 110 Å². The van der Waals surface area contributed by atoms with Crippen LogP contribution in [0.25, 0.3) is 0 Å². The monoisotopic (exact) mass is 258 g/mol. The van der Waals surface area contributed by atoms with Crippen molar-refractivity contribution in [1.82, 2.24) is 10.4 Å². The summed E-state index contributed by atoms with van der Waals surface area (Å²) in [5.74, 6) is 0.999. The van der Waals surface area contributed by atoms with Gasteiger partial charge in [0.15, 0.2) is 5.88 Å². The number of hydrogen-bond acceptors (Lipinski definition) is 5. The van der Waals surface area contributed by atoms with E-state index in [-0.39, 0.29) is 5.91 Å². The van der Waals surface area contributed by atoms with Crippen LogP contribution in [0.15, 0.2) is 46.2 Å². The molecule has 2 aromatic heterocycles. The molecular formula is C13H14N4O2. The van der Waals surface area contributed by atoms with Crippen molar-refractivity contribution in [1.29, 1.82) is 0 Å². The van der Waals surface area contributed by atoms with E-state index in [4.69, 9.17) is 4.42 Å². The van der Waals surface area contributed by atoms with Crippen molar-refractivity contribution >= 4 is 18.0 Å². The van der Waals surface area contributed by atoms with E-state index in [1.807, 2.05) is 25.1 Å². The zero-order valence-corrected chi connectivity index (χ0v) is 10.7. The van der Waals surface area contributed by atoms with E-state index in [2.05, 4.69) is 15.5 Å². The Morgan fingerprint density at radius 1 is 1.32 bits per heavy atom. The number of nitrogens with zero attached hydrogens (tertiary/aromatic N) is 3. The van der Waals surface area contributed by atoms with E-state index in [0.717, 1.165) is 5.88 Å². The third kappa shape index (κ3) is 3.41. The zero-order valence-electron chi connectivity index (χ0n) is 10.7. The molecule has 0 saturated heterocycles. The van der Waals surface area contributed by atoms with Gasteiger partial charge < -0.3 is 9.32 Å². The van der Waals surface area contributed by atoms with Crippen LogP contribution in [0, 0.1) is 0 Å². The molecule has 2 rings (SSSR count). The number of nitrogens with one attached hydrogen (secondary N) is 1. The average Bonchev–Trinajstić information content (AvgIpc) is 2.89. The first-order valence-corrected chi connectivity index (χ1v) is 5.67. The Morgan fingerprint density at radius 2 is 2.05 bits per heavy atom. The van der Waals surface area contributed by atoms with Gasteiger partial charge in [-0.1, -0.05) is 0 Å². The molecule has 0 atom stereocenters. The third-order valence-electron chi connectivity index (χ3n) is 2.35. The molecule has 2 heterocycles. The van der Waals surface area contributed by atoms with Crippen LogP contribution in [0.5, 0.6) is 0 Å². The predicted molar refractivity (Wildman–Crippen MR) is 72.3 cm³/mol. The second-order valence-corrected chi connectivity index (χ2v) is 4.01. The molecule has 0 fully saturated rings. The summed E-state index contributed by atoms with van der Waals surface area (Å²) in [6, 6.07) is 6.83.